The number of rotatable bonds is 4. The van der Waals surface area contributed by atoms with Gasteiger partial charge in [-0.2, -0.15) is 0 Å². The normalized spacial score (nSPS) is 12.9. The Labute approximate surface area is 71.3 Å². The molecule has 0 heterocycles. The number of hydrogen-bond acceptors (Lipinski definition) is 2. The lowest BCUT2D eigenvalue weighted by atomic mass is 10.4. The van der Waals surface area contributed by atoms with Crippen molar-refractivity contribution in [1.29, 1.82) is 0 Å². The molecule has 0 saturated heterocycles. The smallest absolute Gasteiger partial charge is 0.125 e. The average molecular weight is 172 g/mol. The zero-order valence-electron chi connectivity index (χ0n) is 6.38. The van der Waals surface area contributed by atoms with E-state index in [0.717, 1.165) is 6.29 Å². The summed E-state index contributed by atoms with van der Waals surface area (Å²) in [6.45, 7) is 5.23. The van der Waals surface area contributed by atoms with E-state index in [9.17, 15) is 4.79 Å². The molecule has 60 valence electrons. The summed E-state index contributed by atoms with van der Waals surface area (Å²) in [6, 6.07) is 0. The van der Waals surface area contributed by atoms with Gasteiger partial charge in [0.2, 0.25) is 0 Å². The summed E-state index contributed by atoms with van der Waals surface area (Å²) in [5, 5.41) is 0.507. The van der Waals surface area contributed by atoms with Crippen molar-refractivity contribution >= 4 is 24.1 Å². The number of allylic oxidation sites excluding steroid dienone is 3. The van der Waals surface area contributed by atoms with Crippen LogP contribution < -0.4 is 0 Å². The Bertz CT molecular complexity index is 206. The minimum Gasteiger partial charge on any atom is -0.303 e. The molecule has 0 aromatic rings. The van der Waals surface area contributed by atoms with Crippen LogP contribution in [0, 0.1) is 0 Å². The molecular formula is C8H10ClNO. The zero-order chi connectivity index (χ0) is 8.69. The summed E-state index contributed by atoms with van der Waals surface area (Å²) in [5.41, 5.74) is 0.670. The number of aliphatic imine (C=N–C) groups is 1. The van der Waals surface area contributed by atoms with Gasteiger partial charge >= 0.3 is 0 Å². The van der Waals surface area contributed by atoms with Gasteiger partial charge in [0.1, 0.15) is 6.29 Å². The SMILES string of the molecule is C=C/C(Cl)=C(/C)N=CCC=O. The lowest BCUT2D eigenvalue weighted by Gasteiger charge is -1.91. The van der Waals surface area contributed by atoms with E-state index in [1.54, 1.807) is 6.92 Å². The predicted molar refractivity (Wildman–Crippen MR) is 47.9 cm³/mol. The summed E-state index contributed by atoms with van der Waals surface area (Å²) >= 11 is 5.65. The Morgan fingerprint density at radius 3 is 2.82 bits per heavy atom. The molecule has 0 radical (unpaired) electrons. The van der Waals surface area contributed by atoms with Gasteiger partial charge in [0.15, 0.2) is 0 Å². The third kappa shape index (κ3) is 4.51. The highest BCUT2D eigenvalue weighted by atomic mass is 35.5. The van der Waals surface area contributed by atoms with Crippen LogP contribution >= 0.6 is 11.6 Å². The first-order chi connectivity index (χ1) is 5.22. The van der Waals surface area contributed by atoms with Crippen LogP contribution in [-0.2, 0) is 4.79 Å². The Morgan fingerprint density at radius 1 is 1.73 bits per heavy atom. The molecule has 0 aliphatic rings. The maximum Gasteiger partial charge on any atom is 0.125 e. The molecule has 0 aliphatic heterocycles. The third-order valence-electron chi connectivity index (χ3n) is 1.01. The lowest BCUT2D eigenvalue weighted by molar-refractivity contribution is -0.106. The highest BCUT2D eigenvalue weighted by Crippen LogP contribution is 2.09. The van der Waals surface area contributed by atoms with Gasteiger partial charge in [-0.1, -0.05) is 18.2 Å². The largest absolute Gasteiger partial charge is 0.303 e. The fourth-order valence-corrected chi connectivity index (χ4v) is 0.491. The molecule has 0 aromatic heterocycles. The molecule has 2 nitrogen and oxygen atoms in total. The molecule has 0 aromatic carbocycles. The van der Waals surface area contributed by atoms with Crippen molar-refractivity contribution in [3.8, 4) is 0 Å². The second-order valence-corrected chi connectivity index (χ2v) is 2.26. The van der Waals surface area contributed by atoms with Gasteiger partial charge in [-0.05, 0) is 13.0 Å². The van der Waals surface area contributed by atoms with Crippen LogP contribution in [0.1, 0.15) is 13.3 Å². The molecule has 0 bridgehead atoms. The van der Waals surface area contributed by atoms with E-state index < -0.39 is 0 Å². The monoisotopic (exact) mass is 171 g/mol. The van der Waals surface area contributed by atoms with Gasteiger partial charge in [-0.3, -0.25) is 4.99 Å². The van der Waals surface area contributed by atoms with Crippen LogP contribution in [0.4, 0.5) is 0 Å². The standard InChI is InChI=1S/C8H10ClNO/c1-3-8(9)7(2)10-5-4-6-11/h3,5-6H,1,4H2,2H3/b8-7+,10-5?. The van der Waals surface area contributed by atoms with Crippen molar-refractivity contribution in [3.63, 3.8) is 0 Å². The Hall–Kier alpha value is -0.890. The average Bonchev–Trinajstić information content (AvgIpc) is 2.03. The molecule has 0 rings (SSSR count). The second kappa shape index (κ2) is 5.86. The Kier molecular flexibility index (Phi) is 5.39. The van der Waals surface area contributed by atoms with Crippen molar-refractivity contribution in [2.24, 2.45) is 4.99 Å². The maximum absolute atomic E-state index is 9.87. The lowest BCUT2D eigenvalue weighted by Crippen LogP contribution is -1.78. The van der Waals surface area contributed by atoms with Crippen LogP contribution in [0.3, 0.4) is 0 Å². The fourth-order valence-electron chi connectivity index (χ4n) is 0.442. The number of carbonyl (C=O) groups is 1. The van der Waals surface area contributed by atoms with Crippen molar-refractivity contribution in [2.75, 3.05) is 0 Å². The van der Waals surface area contributed by atoms with E-state index in [1.165, 1.54) is 12.3 Å². The number of carbonyl (C=O) groups excluding carboxylic acids is 1. The van der Waals surface area contributed by atoms with Gasteiger partial charge in [-0.15, -0.1) is 0 Å². The van der Waals surface area contributed by atoms with Crippen LogP contribution in [0.2, 0.25) is 0 Å². The van der Waals surface area contributed by atoms with E-state index >= 15 is 0 Å². The fraction of sp³-hybridized carbons (Fsp3) is 0.250. The number of hydrogen-bond donors (Lipinski definition) is 0. The van der Waals surface area contributed by atoms with Crippen molar-refractivity contribution < 1.29 is 4.79 Å². The quantitative estimate of drug-likeness (QED) is 0.363. The predicted octanol–water partition coefficient (Wildman–Crippen LogP) is 2.30. The summed E-state index contributed by atoms with van der Waals surface area (Å²) in [4.78, 5) is 13.8. The summed E-state index contributed by atoms with van der Waals surface area (Å²) in [7, 11) is 0. The Morgan fingerprint density at radius 2 is 2.36 bits per heavy atom. The first-order valence-electron chi connectivity index (χ1n) is 3.17. The molecule has 0 fully saturated rings. The molecule has 0 saturated carbocycles. The van der Waals surface area contributed by atoms with Crippen LogP contribution in [-0.4, -0.2) is 12.5 Å². The Balaban J connectivity index is 4.14. The summed E-state index contributed by atoms with van der Waals surface area (Å²) in [6.07, 6.45) is 4.11. The second-order valence-electron chi connectivity index (χ2n) is 1.85. The van der Waals surface area contributed by atoms with E-state index in [4.69, 9.17) is 11.6 Å². The van der Waals surface area contributed by atoms with Crippen molar-refractivity contribution in [1.82, 2.24) is 0 Å². The van der Waals surface area contributed by atoms with Crippen molar-refractivity contribution in [3.05, 3.63) is 23.4 Å². The summed E-state index contributed by atoms with van der Waals surface area (Å²) < 4.78 is 0. The van der Waals surface area contributed by atoms with Gasteiger partial charge in [0, 0.05) is 12.6 Å². The van der Waals surface area contributed by atoms with Crippen LogP contribution in [0.25, 0.3) is 0 Å². The van der Waals surface area contributed by atoms with Gasteiger partial charge in [-0.25, -0.2) is 0 Å². The molecule has 0 aliphatic carbocycles. The van der Waals surface area contributed by atoms with E-state index in [1.807, 2.05) is 0 Å². The first kappa shape index (κ1) is 10.1. The molecular weight excluding hydrogens is 162 g/mol. The number of aldehydes is 1. The van der Waals surface area contributed by atoms with E-state index in [2.05, 4.69) is 11.6 Å². The third-order valence-corrected chi connectivity index (χ3v) is 1.44. The highest BCUT2D eigenvalue weighted by molar-refractivity contribution is 6.31. The molecule has 0 amide bonds. The number of halogens is 1. The van der Waals surface area contributed by atoms with Gasteiger partial charge < -0.3 is 4.79 Å². The van der Waals surface area contributed by atoms with Gasteiger partial charge in [0.25, 0.3) is 0 Å². The van der Waals surface area contributed by atoms with Gasteiger partial charge in [0.05, 0.1) is 10.7 Å². The zero-order valence-corrected chi connectivity index (χ0v) is 7.14. The maximum atomic E-state index is 9.87. The van der Waals surface area contributed by atoms with Crippen LogP contribution in [0.5, 0.6) is 0 Å². The molecule has 0 unspecified atom stereocenters. The first-order valence-corrected chi connectivity index (χ1v) is 3.55. The minimum absolute atomic E-state index is 0.318. The van der Waals surface area contributed by atoms with E-state index in [-0.39, 0.29) is 0 Å². The molecule has 3 heteroatoms. The number of nitrogens with zero attached hydrogens (tertiary/aromatic N) is 1. The minimum atomic E-state index is 0.318. The highest BCUT2D eigenvalue weighted by Gasteiger charge is 1.89. The summed E-state index contributed by atoms with van der Waals surface area (Å²) in [5.74, 6) is 0. The van der Waals surface area contributed by atoms with Crippen LogP contribution in [0.15, 0.2) is 28.4 Å². The molecule has 0 atom stereocenters. The van der Waals surface area contributed by atoms with E-state index in [0.29, 0.717) is 17.2 Å². The molecule has 0 N–H and O–H groups in total. The molecule has 0 spiro atoms. The van der Waals surface area contributed by atoms with Crippen molar-refractivity contribution in [2.45, 2.75) is 13.3 Å². The topological polar surface area (TPSA) is 29.4 Å². The molecule has 11 heavy (non-hydrogen) atoms.